The molecule has 12 heteroatoms. The molecule has 0 fully saturated rings. The molecule has 1 N–H and O–H groups in total. The maximum absolute atomic E-state index is 14.1. The van der Waals surface area contributed by atoms with Gasteiger partial charge in [-0.2, -0.15) is 18.3 Å². The van der Waals surface area contributed by atoms with E-state index in [1.807, 2.05) is 0 Å². The summed E-state index contributed by atoms with van der Waals surface area (Å²) in [6.45, 7) is 0.370. The SMILES string of the molecule is Fc1cc(-c2cc(CN3Cc4[nH]c(-c5cccc(F)c5F)nc4C=N3)on2)ccc1C(F)(F)F. The van der Waals surface area contributed by atoms with Gasteiger partial charge in [0.25, 0.3) is 0 Å². The van der Waals surface area contributed by atoms with Gasteiger partial charge in [0.15, 0.2) is 17.4 Å². The van der Waals surface area contributed by atoms with Gasteiger partial charge in [-0.05, 0) is 24.3 Å². The molecule has 4 aromatic rings. The monoisotopic (exact) mass is 477 g/mol. The van der Waals surface area contributed by atoms with Crippen LogP contribution in [0.5, 0.6) is 0 Å². The first-order chi connectivity index (χ1) is 16.2. The van der Waals surface area contributed by atoms with Crippen LogP contribution in [0.1, 0.15) is 22.7 Å². The standard InChI is InChI=1S/C22H13F6N5O/c23-15-3-1-2-13(20(15)25)21-30-18-8-29-33(10-19(18)31-21)9-12-7-17(32-34-12)11-4-5-14(16(24)6-11)22(26,27)28/h1-8H,9-10H2,(H,30,31). The van der Waals surface area contributed by atoms with E-state index in [4.69, 9.17) is 4.52 Å². The molecule has 0 aliphatic carbocycles. The van der Waals surface area contributed by atoms with Crippen LogP contribution in [0.2, 0.25) is 0 Å². The minimum atomic E-state index is -4.80. The Balaban J connectivity index is 1.31. The van der Waals surface area contributed by atoms with Crippen molar-refractivity contribution in [2.45, 2.75) is 19.3 Å². The molecule has 0 saturated heterocycles. The number of hydrogen-bond acceptors (Lipinski definition) is 5. The van der Waals surface area contributed by atoms with Crippen molar-refractivity contribution in [3.63, 3.8) is 0 Å². The van der Waals surface area contributed by atoms with E-state index in [1.165, 1.54) is 24.4 Å². The van der Waals surface area contributed by atoms with Crippen molar-refractivity contribution in [3.05, 3.63) is 82.6 Å². The van der Waals surface area contributed by atoms with Crippen molar-refractivity contribution in [2.75, 3.05) is 0 Å². The number of H-pyrrole nitrogens is 1. The fourth-order valence-electron chi connectivity index (χ4n) is 3.53. The number of aromatic nitrogens is 3. The van der Waals surface area contributed by atoms with Crippen LogP contribution in [0, 0.1) is 17.5 Å². The fraction of sp³-hybridized carbons (Fsp3) is 0.136. The van der Waals surface area contributed by atoms with Crippen LogP contribution in [0.15, 0.2) is 52.1 Å². The highest BCUT2D eigenvalue weighted by atomic mass is 19.4. The van der Waals surface area contributed by atoms with Gasteiger partial charge in [-0.25, -0.2) is 18.2 Å². The first-order valence-corrected chi connectivity index (χ1v) is 9.84. The van der Waals surface area contributed by atoms with Gasteiger partial charge in [0, 0.05) is 11.6 Å². The Morgan fingerprint density at radius 2 is 1.85 bits per heavy atom. The normalized spacial score (nSPS) is 13.4. The Bertz CT molecular complexity index is 1410. The topological polar surface area (TPSA) is 70.3 Å². The van der Waals surface area contributed by atoms with Crippen molar-refractivity contribution < 1.29 is 30.9 Å². The highest BCUT2D eigenvalue weighted by Crippen LogP contribution is 2.33. The smallest absolute Gasteiger partial charge is 0.359 e. The zero-order chi connectivity index (χ0) is 24.0. The predicted octanol–water partition coefficient (Wildman–Crippen LogP) is 5.52. The Hall–Kier alpha value is -4.09. The Morgan fingerprint density at radius 3 is 2.62 bits per heavy atom. The number of rotatable bonds is 4. The van der Waals surface area contributed by atoms with Crippen molar-refractivity contribution in [2.24, 2.45) is 5.10 Å². The highest BCUT2D eigenvalue weighted by molar-refractivity contribution is 5.80. The number of alkyl halides is 3. The predicted molar refractivity (Wildman–Crippen MR) is 108 cm³/mol. The fourth-order valence-corrected chi connectivity index (χ4v) is 3.53. The van der Waals surface area contributed by atoms with E-state index in [0.29, 0.717) is 23.2 Å². The number of hydrazone groups is 1. The van der Waals surface area contributed by atoms with Crippen LogP contribution in [0.25, 0.3) is 22.6 Å². The third-order valence-electron chi connectivity index (χ3n) is 5.17. The molecule has 6 nitrogen and oxygen atoms in total. The number of nitrogens with one attached hydrogen (secondary N) is 1. The quantitative estimate of drug-likeness (QED) is 0.393. The number of benzene rings is 2. The van der Waals surface area contributed by atoms with E-state index in [2.05, 4.69) is 20.2 Å². The maximum Gasteiger partial charge on any atom is 0.419 e. The van der Waals surface area contributed by atoms with Gasteiger partial charge in [0.2, 0.25) is 0 Å². The van der Waals surface area contributed by atoms with Gasteiger partial charge in [-0.15, -0.1) is 0 Å². The third kappa shape index (κ3) is 4.02. The molecule has 1 aliphatic rings. The van der Waals surface area contributed by atoms with E-state index in [0.717, 1.165) is 18.2 Å². The number of hydrogen-bond donors (Lipinski definition) is 1. The van der Waals surface area contributed by atoms with Gasteiger partial charge in [-0.3, -0.25) is 5.01 Å². The third-order valence-corrected chi connectivity index (χ3v) is 5.17. The van der Waals surface area contributed by atoms with E-state index < -0.39 is 29.2 Å². The summed E-state index contributed by atoms with van der Waals surface area (Å²) in [5, 5.41) is 9.60. The molecule has 0 bridgehead atoms. The van der Waals surface area contributed by atoms with E-state index in [1.54, 1.807) is 5.01 Å². The summed E-state index contributed by atoms with van der Waals surface area (Å²) in [7, 11) is 0. The Kier molecular flexibility index (Phi) is 5.14. The lowest BCUT2D eigenvalue weighted by Gasteiger charge is -2.19. The summed E-state index contributed by atoms with van der Waals surface area (Å²) in [5.74, 6) is -2.94. The molecular weight excluding hydrogens is 464 g/mol. The second kappa shape index (κ2) is 8.04. The molecule has 0 unspecified atom stereocenters. The van der Waals surface area contributed by atoms with E-state index in [-0.39, 0.29) is 35.7 Å². The largest absolute Gasteiger partial charge is 0.419 e. The lowest BCUT2D eigenvalue weighted by molar-refractivity contribution is -0.139. The second-order valence-electron chi connectivity index (χ2n) is 7.49. The number of fused-ring (bicyclic) bond motifs is 1. The molecule has 0 atom stereocenters. The number of imidazole rings is 1. The lowest BCUT2D eigenvalue weighted by Crippen LogP contribution is -2.21. The molecule has 0 amide bonds. The lowest BCUT2D eigenvalue weighted by atomic mass is 10.1. The molecule has 2 aromatic heterocycles. The van der Waals surface area contributed by atoms with E-state index >= 15 is 0 Å². The minimum absolute atomic E-state index is 0.0157. The molecule has 0 spiro atoms. The van der Waals surface area contributed by atoms with Crippen molar-refractivity contribution >= 4 is 6.21 Å². The van der Waals surface area contributed by atoms with Gasteiger partial charge in [0.1, 0.15) is 23.0 Å². The van der Waals surface area contributed by atoms with Gasteiger partial charge in [-0.1, -0.05) is 17.3 Å². The minimum Gasteiger partial charge on any atom is -0.359 e. The molecule has 2 aromatic carbocycles. The molecule has 3 heterocycles. The van der Waals surface area contributed by atoms with Crippen LogP contribution in [-0.4, -0.2) is 26.3 Å². The molecule has 1 aliphatic heterocycles. The summed E-state index contributed by atoms with van der Waals surface area (Å²) in [5.41, 5.74) is -0.0185. The van der Waals surface area contributed by atoms with Gasteiger partial charge in [0.05, 0.1) is 36.1 Å². The Labute approximate surface area is 187 Å². The molecule has 0 saturated carbocycles. The number of halogens is 6. The van der Waals surface area contributed by atoms with E-state index in [9.17, 15) is 26.3 Å². The summed E-state index contributed by atoms with van der Waals surface area (Å²) in [6.07, 6.45) is -3.35. The second-order valence-corrected chi connectivity index (χ2v) is 7.49. The summed E-state index contributed by atoms with van der Waals surface area (Å²) in [4.78, 5) is 7.21. The summed E-state index contributed by atoms with van der Waals surface area (Å²) in [6, 6.07) is 7.75. The van der Waals surface area contributed by atoms with Crippen LogP contribution < -0.4 is 0 Å². The molecular formula is C22H13F6N5O. The zero-order valence-corrected chi connectivity index (χ0v) is 17.0. The van der Waals surface area contributed by atoms with Crippen LogP contribution >= 0.6 is 0 Å². The first-order valence-electron chi connectivity index (χ1n) is 9.84. The van der Waals surface area contributed by atoms with Crippen molar-refractivity contribution in [3.8, 4) is 22.6 Å². The summed E-state index contributed by atoms with van der Waals surface area (Å²) >= 11 is 0. The summed E-state index contributed by atoms with van der Waals surface area (Å²) < 4.78 is 85.0. The molecule has 34 heavy (non-hydrogen) atoms. The molecule has 174 valence electrons. The number of aromatic amines is 1. The van der Waals surface area contributed by atoms with Crippen molar-refractivity contribution in [1.29, 1.82) is 0 Å². The average molecular weight is 477 g/mol. The molecule has 5 rings (SSSR count). The highest BCUT2D eigenvalue weighted by Gasteiger charge is 2.34. The van der Waals surface area contributed by atoms with Crippen molar-refractivity contribution in [1.82, 2.24) is 20.1 Å². The maximum atomic E-state index is 14.1. The average Bonchev–Trinajstić information content (AvgIpc) is 3.41. The van der Waals surface area contributed by atoms with Gasteiger partial charge >= 0.3 is 6.18 Å². The van der Waals surface area contributed by atoms with Crippen LogP contribution in [0.4, 0.5) is 26.3 Å². The zero-order valence-electron chi connectivity index (χ0n) is 17.0. The molecule has 0 radical (unpaired) electrons. The van der Waals surface area contributed by atoms with Crippen LogP contribution in [0.3, 0.4) is 0 Å². The van der Waals surface area contributed by atoms with Crippen LogP contribution in [-0.2, 0) is 19.3 Å². The van der Waals surface area contributed by atoms with Gasteiger partial charge < -0.3 is 9.51 Å². The Morgan fingerprint density at radius 1 is 1.03 bits per heavy atom. The number of nitrogens with zero attached hydrogens (tertiary/aromatic N) is 4. The first kappa shape index (κ1) is 21.7.